The summed E-state index contributed by atoms with van der Waals surface area (Å²) in [6, 6.07) is 0. The van der Waals surface area contributed by atoms with Crippen molar-refractivity contribution < 1.29 is 4.74 Å². The van der Waals surface area contributed by atoms with Gasteiger partial charge in [-0.15, -0.1) is 24.0 Å². The molecule has 24 heavy (non-hydrogen) atoms. The molecule has 0 aromatic heterocycles. The van der Waals surface area contributed by atoms with Crippen molar-refractivity contribution in [2.45, 2.75) is 58.3 Å². The summed E-state index contributed by atoms with van der Waals surface area (Å²) < 4.78 is 5.45. The Balaban J connectivity index is 0.00000288. The fourth-order valence-corrected chi connectivity index (χ4v) is 3.98. The maximum Gasteiger partial charge on any atom is 0.193 e. The molecule has 0 spiro atoms. The molecule has 0 amide bonds. The molecule has 2 fully saturated rings. The number of ether oxygens (including phenoxy) is 1. The third kappa shape index (κ3) is 7.46. The first-order valence-corrected chi connectivity index (χ1v) is 9.72. The summed E-state index contributed by atoms with van der Waals surface area (Å²) in [7, 11) is 4.07. The van der Waals surface area contributed by atoms with Crippen LogP contribution in [0.5, 0.6) is 0 Å². The average Bonchev–Trinajstić information content (AvgIpc) is 2.62. The van der Waals surface area contributed by atoms with Crippen molar-refractivity contribution in [3.8, 4) is 0 Å². The SMILES string of the molecule is CCC1CCC(CNC(=NC)N(C)CCC2CCOCC2)CC1.I. The Labute approximate surface area is 166 Å². The number of hydrogen-bond acceptors (Lipinski definition) is 2. The fraction of sp³-hybridized carbons (Fsp3) is 0.947. The van der Waals surface area contributed by atoms with Gasteiger partial charge >= 0.3 is 0 Å². The molecule has 1 saturated carbocycles. The monoisotopic (exact) mass is 451 g/mol. The zero-order valence-corrected chi connectivity index (χ0v) is 18.3. The minimum absolute atomic E-state index is 0. The van der Waals surface area contributed by atoms with Gasteiger partial charge in [0.1, 0.15) is 0 Å². The molecule has 142 valence electrons. The van der Waals surface area contributed by atoms with Crippen LogP contribution in [0.2, 0.25) is 0 Å². The topological polar surface area (TPSA) is 36.9 Å². The largest absolute Gasteiger partial charge is 0.381 e. The summed E-state index contributed by atoms with van der Waals surface area (Å²) in [5.74, 6) is 3.70. The first kappa shape index (κ1) is 22.0. The van der Waals surface area contributed by atoms with Gasteiger partial charge in [-0.25, -0.2) is 0 Å². The number of rotatable bonds is 6. The lowest BCUT2D eigenvalue weighted by Gasteiger charge is -2.30. The Morgan fingerprint density at radius 3 is 2.25 bits per heavy atom. The summed E-state index contributed by atoms with van der Waals surface area (Å²) in [5, 5.41) is 3.61. The van der Waals surface area contributed by atoms with Crippen LogP contribution in [0.4, 0.5) is 0 Å². The maximum atomic E-state index is 5.45. The molecule has 1 aliphatic heterocycles. The number of hydrogen-bond donors (Lipinski definition) is 1. The quantitative estimate of drug-likeness (QED) is 0.375. The Hall–Kier alpha value is -0.0400. The Morgan fingerprint density at radius 1 is 1.04 bits per heavy atom. The van der Waals surface area contributed by atoms with Crippen LogP contribution in [0.1, 0.15) is 58.3 Å². The van der Waals surface area contributed by atoms with Crippen LogP contribution in [0, 0.1) is 17.8 Å². The van der Waals surface area contributed by atoms with Crippen molar-refractivity contribution >= 4 is 29.9 Å². The molecule has 2 aliphatic rings. The highest BCUT2D eigenvalue weighted by Gasteiger charge is 2.21. The molecule has 4 nitrogen and oxygen atoms in total. The zero-order valence-electron chi connectivity index (χ0n) is 15.9. The van der Waals surface area contributed by atoms with Gasteiger partial charge in [-0.05, 0) is 49.9 Å². The maximum absolute atomic E-state index is 5.45. The molecule has 0 unspecified atom stereocenters. The van der Waals surface area contributed by atoms with Gasteiger partial charge in [0.05, 0.1) is 0 Å². The Bertz CT molecular complexity index is 351. The summed E-state index contributed by atoms with van der Waals surface area (Å²) in [5.41, 5.74) is 0. The van der Waals surface area contributed by atoms with E-state index in [1.54, 1.807) is 0 Å². The second kappa shape index (κ2) is 12.3. The minimum atomic E-state index is 0. The van der Waals surface area contributed by atoms with Gasteiger partial charge in [-0.1, -0.05) is 26.2 Å². The molecular formula is C19H38IN3O. The van der Waals surface area contributed by atoms with Crippen LogP contribution in [0.15, 0.2) is 4.99 Å². The van der Waals surface area contributed by atoms with E-state index in [2.05, 4.69) is 29.2 Å². The molecule has 0 atom stereocenters. The van der Waals surface area contributed by atoms with E-state index in [4.69, 9.17) is 4.74 Å². The third-order valence-corrected chi connectivity index (χ3v) is 5.88. The molecule has 1 N–H and O–H groups in total. The van der Waals surface area contributed by atoms with Crippen molar-refractivity contribution in [1.29, 1.82) is 0 Å². The highest BCUT2D eigenvalue weighted by atomic mass is 127. The summed E-state index contributed by atoms with van der Waals surface area (Å²) in [6.07, 6.45) is 10.7. The van der Waals surface area contributed by atoms with E-state index in [-0.39, 0.29) is 24.0 Å². The Morgan fingerprint density at radius 2 is 1.67 bits per heavy atom. The molecule has 1 aliphatic carbocycles. The van der Waals surface area contributed by atoms with E-state index >= 15 is 0 Å². The molecule has 1 saturated heterocycles. The lowest BCUT2D eigenvalue weighted by atomic mass is 9.81. The van der Waals surface area contributed by atoms with Gasteiger partial charge in [0.2, 0.25) is 0 Å². The fourth-order valence-electron chi connectivity index (χ4n) is 3.98. The van der Waals surface area contributed by atoms with E-state index < -0.39 is 0 Å². The molecule has 0 aromatic carbocycles. The van der Waals surface area contributed by atoms with Crippen LogP contribution in [0.3, 0.4) is 0 Å². The first-order valence-electron chi connectivity index (χ1n) is 9.72. The van der Waals surface area contributed by atoms with Crippen LogP contribution in [-0.2, 0) is 4.74 Å². The number of guanidine groups is 1. The summed E-state index contributed by atoms with van der Waals surface area (Å²) in [4.78, 5) is 6.77. The lowest BCUT2D eigenvalue weighted by molar-refractivity contribution is 0.0625. The summed E-state index contributed by atoms with van der Waals surface area (Å²) >= 11 is 0. The molecule has 0 radical (unpaired) electrons. The highest BCUT2D eigenvalue weighted by Crippen LogP contribution is 2.30. The third-order valence-electron chi connectivity index (χ3n) is 5.88. The standard InChI is InChI=1S/C19H37N3O.HI/c1-4-16-5-7-18(8-6-16)15-21-19(20-2)22(3)12-9-17-10-13-23-14-11-17;/h16-18H,4-15H2,1-3H3,(H,20,21);1H. The van der Waals surface area contributed by atoms with E-state index in [9.17, 15) is 0 Å². The van der Waals surface area contributed by atoms with Crippen molar-refractivity contribution in [3.63, 3.8) is 0 Å². The van der Waals surface area contributed by atoms with Gasteiger partial charge in [0.15, 0.2) is 5.96 Å². The highest BCUT2D eigenvalue weighted by molar-refractivity contribution is 14.0. The first-order chi connectivity index (χ1) is 11.2. The number of nitrogens with one attached hydrogen (secondary N) is 1. The molecule has 0 aromatic rings. The van der Waals surface area contributed by atoms with Crippen molar-refractivity contribution in [1.82, 2.24) is 10.2 Å². The van der Waals surface area contributed by atoms with Crippen LogP contribution < -0.4 is 5.32 Å². The van der Waals surface area contributed by atoms with Crippen molar-refractivity contribution in [3.05, 3.63) is 0 Å². The smallest absolute Gasteiger partial charge is 0.193 e. The van der Waals surface area contributed by atoms with Gasteiger partial charge in [0.25, 0.3) is 0 Å². The van der Waals surface area contributed by atoms with Crippen LogP contribution in [-0.4, -0.2) is 51.3 Å². The van der Waals surface area contributed by atoms with Gasteiger partial charge < -0.3 is 15.0 Å². The zero-order chi connectivity index (χ0) is 16.5. The molecule has 5 heteroatoms. The molecular weight excluding hydrogens is 413 g/mol. The van der Waals surface area contributed by atoms with Crippen molar-refractivity contribution in [2.24, 2.45) is 22.7 Å². The predicted octanol–water partition coefficient (Wildman–Crippen LogP) is 4.14. The normalized spacial score (nSPS) is 25.9. The molecule has 2 rings (SSSR count). The van der Waals surface area contributed by atoms with E-state index in [0.717, 1.165) is 50.0 Å². The number of halogens is 1. The van der Waals surface area contributed by atoms with Crippen molar-refractivity contribution in [2.75, 3.05) is 40.4 Å². The van der Waals surface area contributed by atoms with E-state index in [1.165, 1.54) is 51.4 Å². The number of nitrogens with zero attached hydrogens (tertiary/aromatic N) is 2. The van der Waals surface area contributed by atoms with Crippen LogP contribution in [0.25, 0.3) is 0 Å². The molecule has 0 bridgehead atoms. The van der Waals surface area contributed by atoms with Gasteiger partial charge in [-0.2, -0.15) is 0 Å². The van der Waals surface area contributed by atoms with E-state index in [0.29, 0.717) is 0 Å². The second-order valence-electron chi connectivity index (χ2n) is 7.49. The summed E-state index contributed by atoms with van der Waals surface area (Å²) in [6.45, 7) is 6.40. The second-order valence-corrected chi connectivity index (χ2v) is 7.49. The van der Waals surface area contributed by atoms with Crippen LogP contribution >= 0.6 is 24.0 Å². The molecule has 1 heterocycles. The Kier molecular flexibility index (Phi) is 11.3. The van der Waals surface area contributed by atoms with Gasteiger partial charge in [-0.3, -0.25) is 4.99 Å². The average molecular weight is 451 g/mol. The van der Waals surface area contributed by atoms with Gasteiger partial charge in [0, 0.05) is 40.4 Å². The number of aliphatic imine (C=N–C) groups is 1. The minimum Gasteiger partial charge on any atom is -0.381 e. The lowest BCUT2D eigenvalue weighted by Crippen LogP contribution is -2.42. The van der Waals surface area contributed by atoms with E-state index in [1.807, 2.05) is 7.05 Å². The predicted molar refractivity (Wildman–Crippen MR) is 113 cm³/mol.